The van der Waals surface area contributed by atoms with Crippen molar-refractivity contribution in [2.75, 3.05) is 13.1 Å². The molecular weight excluding hydrogens is 240 g/mol. The highest BCUT2D eigenvalue weighted by molar-refractivity contribution is 5.76. The fourth-order valence-corrected chi connectivity index (χ4v) is 2.82. The first-order valence-electron chi connectivity index (χ1n) is 7.13. The number of carbonyl (C=O) groups is 1. The van der Waals surface area contributed by atoms with Crippen LogP contribution in [0, 0.1) is 19.8 Å². The number of hydrogen-bond acceptors (Lipinski definition) is 3. The SMILES string of the molecule is Cc1cc(C(C)NC(=O)CC2CCCNC2)c(C)o1. The van der Waals surface area contributed by atoms with Crippen molar-refractivity contribution >= 4 is 5.91 Å². The Labute approximate surface area is 114 Å². The second-order valence-electron chi connectivity index (χ2n) is 5.57. The summed E-state index contributed by atoms with van der Waals surface area (Å²) in [4.78, 5) is 12.0. The summed E-state index contributed by atoms with van der Waals surface area (Å²) in [6.45, 7) is 7.93. The fourth-order valence-electron chi connectivity index (χ4n) is 2.82. The third-order valence-corrected chi connectivity index (χ3v) is 3.80. The molecule has 4 heteroatoms. The summed E-state index contributed by atoms with van der Waals surface area (Å²) in [5.41, 5.74) is 1.08. The minimum atomic E-state index is 0.0153. The molecule has 0 spiro atoms. The Kier molecular flexibility index (Phi) is 4.64. The number of aryl methyl sites for hydroxylation is 2. The van der Waals surface area contributed by atoms with E-state index in [2.05, 4.69) is 10.6 Å². The Morgan fingerprint density at radius 1 is 1.58 bits per heavy atom. The van der Waals surface area contributed by atoms with Crippen LogP contribution in [0.25, 0.3) is 0 Å². The molecule has 2 unspecified atom stereocenters. The summed E-state index contributed by atoms with van der Waals surface area (Å²) in [6.07, 6.45) is 2.94. The molecule has 4 nitrogen and oxygen atoms in total. The van der Waals surface area contributed by atoms with Crippen LogP contribution < -0.4 is 10.6 Å². The van der Waals surface area contributed by atoms with Crippen LogP contribution in [0.15, 0.2) is 10.5 Å². The van der Waals surface area contributed by atoms with E-state index in [1.54, 1.807) is 0 Å². The average molecular weight is 264 g/mol. The Morgan fingerprint density at radius 3 is 2.95 bits per heavy atom. The molecule has 1 amide bonds. The van der Waals surface area contributed by atoms with Crippen molar-refractivity contribution in [2.45, 2.75) is 46.1 Å². The van der Waals surface area contributed by atoms with Gasteiger partial charge in [-0.15, -0.1) is 0 Å². The smallest absolute Gasteiger partial charge is 0.220 e. The van der Waals surface area contributed by atoms with Crippen LogP contribution in [0.1, 0.15) is 49.3 Å². The van der Waals surface area contributed by atoms with Crippen molar-refractivity contribution in [1.29, 1.82) is 0 Å². The number of piperidine rings is 1. The van der Waals surface area contributed by atoms with Gasteiger partial charge in [-0.25, -0.2) is 0 Å². The molecule has 2 heterocycles. The van der Waals surface area contributed by atoms with Crippen LogP contribution in [0.3, 0.4) is 0 Å². The lowest BCUT2D eigenvalue weighted by atomic mass is 9.95. The Hall–Kier alpha value is -1.29. The van der Waals surface area contributed by atoms with E-state index in [0.29, 0.717) is 12.3 Å². The van der Waals surface area contributed by atoms with Crippen LogP contribution >= 0.6 is 0 Å². The number of hydrogen-bond donors (Lipinski definition) is 2. The molecule has 0 saturated carbocycles. The van der Waals surface area contributed by atoms with E-state index in [1.165, 1.54) is 6.42 Å². The largest absolute Gasteiger partial charge is 0.466 e. The highest BCUT2D eigenvalue weighted by Crippen LogP contribution is 2.22. The first kappa shape index (κ1) is 14.1. The fraction of sp³-hybridized carbons (Fsp3) is 0.667. The predicted octanol–water partition coefficient (Wildman–Crippen LogP) is 2.46. The molecule has 2 rings (SSSR count). The van der Waals surface area contributed by atoms with E-state index in [9.17, 15) is 4.79 Å². The van der Waals surface area contributed by atoms with Crippen LogP contribution in [-0.2, 0) is 4.79 Å². The van der Waals surface area contributed by atoms with E-state index in [1.807, 2.05) is 26.8 Å². The van der Waals surface area contributed by atoms with Gasteiger partial charge in [0.2, 0.25) is 5.91 Å². The molecule has 0 bridgehead atoms. The van der Waals surface area contributed by atoms with Crippen molar-refractivity contribution < 1.29 is 9.21 Å². The summed E-state index contributed by atoms with van der Waals surface area (Å²) in [7, 11) is 0. The minimum absolute atomic E-state index is 0.0153. The van der Waals surface area contributed by atoms with Gasteiger partial charge in [0.05, 0.1) is 6.04 Å². The topological polar surface area (TPSA) is 54.3 Å². The van der Waals surface area contributed by atoms with Gasteiger partial charge in [0.1, 0.15) is 11.5 Å². The van der Waals surface area contributed by atoms with Gasteiger partial charge < -0.3 is 15.1 Å². The lowest BCUT2D eigenvalue weighted by Gasteiger charge is -2.23. The van der Waals surface area contributed by atoms with E-state index in [4.69, 9.17) is 4.42 Å². The third-order valence-electron chi connectivity index (χ3n) is 3.80. The molecule has 0 aliphatic carbocycles. The molecule has 0 radical (unpaired) electrons. The van der Waals surface area contributed by atoms with Gasteiger partial charge in [-0.1, -0.05) is 0 Å². The Balaban J connectivity index is 1.86. The molecule has 1 aliphatic rings. The quantitative estimate of drug-likeness (QED) is 0.878. The monoisotopic (exact) mass is 264 g/mol. The molecular formula is C15H24N2O2. The van der Waals surface area contributed by atoms with Gasteiger partial charge in [0, 0.05) is 12.0 Å². The summed E-state index contributed by atoms with van der Waals surface area (Å²) in [5.74, 6) is 2.40. The van der Waals surface area contributed by atoms with Gasteiger partial charge in [-0.2, -0.15) is 0 Å². The zero-order valence-corrected chi connectivity index (χ0v) is 12.1. The highest BCUT2D eigenvalue weighted by atomic mass is 16.3. The number of amides is 1. The number of carbonyl (C=O) groups excluding carboxylic acids is 1. The van der Waals surface area contributed by atoms with Gasteiger partial charge >= 0.3 is 0 Å². The number of furan rings is 1. The zero-order chi connectivity index (χ0) is 13.8. The standard InChI is InChI=1S/C15H24N2O2/c1-10-7-14(12(3)19-10)11(2)17-15(18)8-13-5-4-6-16-9-13/h7,11,13,16H,4-6,8-9H2,1-3H3,(H,17,18). The molecule has 106 valence electrons. The van der Waals surface area contributed by atoms with E-state index in [-0.39, 0.29) is 11.9 Å². The molecule has 0 aromatic carbocycles. The normalized spacial score (nSPS) is 21.1. The maximum atomic E-state index is 12.0. The van der Waals surface area contributed by atoms with Gasteiger partial charge in [0.25, 0.3) is 0 Å². The second kappa shape index (κ2) is 6.24. The predicted molar refractivity (Wildman–Crippen MR) is 75.0 cm³/mol. The molecule has 2 N–H and O–H groups in total. The maximum absolute atomic E-state index is 12.0. The van der Waals surface area contributed by atoms with E-state index in [0.717, 1.165) is 36.6 Å². The molecule has 1 saturated heterocycles. The maximum Gasteiger partial charge on any atom is 0.220 e. The molecule has 1 aromatic rings. The number of rotatable bonds is 4. The second-order valence-corrected chi connectivity index (χ2v) is 5.57. The summed E-state index contributed by atoms with van der Waals surface area (Å²) in [5, 5.41) is 6.41. The van der Waals surface area contributed by atoms with Crippen molar-refractivity contribution in [1.82, 2.24) is 10.6 Å². The van der Waals surface area contributed by atoms with Crippen LogP contribution in [0.5, 0.6) is 0 Å². The molecule has 2 atom stereocenters. The summed E-state index contributed by atoms with van der Waals surface area (Å²) >= 11 is 0. The molecule has 1 aliphatic heterocycles. The van der Waals surface area contributed by atoms with Crippen molar-refractivity contribution in [3.8, 4) is 0 Å². The molecule has 1 fully saturated rings. The van der Waals surface area contributed by atoms with E-state index < -0.39 is 0 Å². The average Bonchev–Trinajstić information content (AvgIpc) is 2.69. The van der Waals surface area contributed by atoms with Crippen LogP contribution in [0.4, 0.5) is 0 Å². The molecule has 1 aromatic heterocycles. The van der Waals surface area contributed by atoms with Crippen molar-refractivity contribution in [2.24, 2.45) is 5.92 Å². The first-order chi connectivity index (χ1) is 9.06. The third kappa shape index (κ3) is 3.83. The Bertz CT molecular complexity index is 433. The zero-order valence-electron chi connectivity index (χ0n) is 12.1. The minimum Gasteiger partial charge on any atom is -0.466 e. The van der Waals surface area contributed by atoms with Gasteiger partial charge in [-0.05, 0) is 58.7 Å². The highest BCUT2D eigenvalue weighted by Gasteiger charge is 2.19. The summed E-state index contributed by atoms with van der Waals surface area (Å²) in [6, 6.07) is 2.02. The van der Waals surface area contributed by atoms with Gasteiger partial charge in [-0.3, -0.25) is 4.79 Å². The Morgan fingerprint density at radius 2 is 2.37 bits per heavy atom. The first-order valence-corrected chi connectivity index (χ1v) is 7.13. The lowest BCUT2D eigenvalue weighted by Crippen LogP contribution is -2.35. The summed E-state index contributed by atoms with van der Waals surface area (Å²) < 4.78 is 5.51. The number of nitrogens with one attached hydrogen (secondary N) is 2. The van der Waals surface area contributed by atoms with Gasteiger partial charge in [0.15, 0.2) is 0 Å². The van der Waals surface area contributed by atoms with E-state index >= 15 is 0 Å². The molecule has 19 heavy (non-hydrogen) atoms. The van der Waals surface area contributed by atoms with Crippen molar-refractivity contribution in [3.63, 3.8) is 0 Å². The van der Waals surface area contributed by atoms with Crippen LogP contribution in [0.2, 0.25) is 0 Å². The van der Waals surface area contributed by atoms with Crippen LogP contribution in [-0.4, -0.2) is 19.0 Å². The lowest BCUT2D eigenvalue weighted by molar-refractivity contribution is -0.122. The van der Waals surface area contributed by atoms with Crippen molar-refractivity contribution in [3.05, 3.63) is 23.2 Å².